The van der Waals surface area contributed by atoms with Crippen LogP contribution in [0, 0.1) is 5.92 Å². The van der Waals surface area contributed by atoms with E-state index < -0.39 is 5.54 Å². The average Bonchev–Trinajstić information content (AvgIpc) is 2.90. The zero-order chi connectivity index (χ0) is 14.6. The molecule has 20 heavy (non-hydrogen) atoms. The number of hydrogen-bond acceptors (Lipinski definition) is 3. The fraction of sp³-hybridized carbons (Fsp3) is 0.938. The monoisotopic (exact) mass is 281 g/mol. The Kier molecular flexibility index (Phi) is 5.44. The maximum Gasteiger partial charge on any atom is 0.238 e. The van der Waals surface area contributed by atoms with Crippen LogP contribution < -0.4 is 11.1 Å². The number of carbonyl (C=O) groups is 1. The molecule has 4 nitrogen and oxygen atoms in total. The number of carbonyl (C=O) groups excluding carboxylic acids is 1. The van der Waals surface area contributed by atoms with Gasteiger partial charge in [0.05, 0.1) is 0 Å². The Morgan fingerprint density at radius 3 is 2.55 bits per heavy atom. The third-order valence-electron chi connectivity index (χ3n) is 5.73. The van der Waals surface area contributed by atoms with E-state index in [-0.39, 0.29) is 5.91 Å². The normalized spacial score (nSPS) is 31.9. The first-order valence-corrected chi connectivity index (χ1v) is 8.29. The second kappa shape index (κ2) is 6.90. The topological polar surface area (TPSA) is 58.4 Å². The fourth-order valence-corrected chi connectivity index (χ4v) is 4.31. The zero-order valence-corrected chi connectivity index (χ0v) is 13.2. The van der Waals surface area contributed by atoms with Crippen molar-refractivity contribution in [1.29, 1.82) is 0 Å². The summed E-state index contributed by atoms with van der Waals surface area (Å²) in [5.74, 6) is 0.235. The van der Waals surface area contributed by atoms with Gasteiger partial charge in [0.1, 0.15) is 5.54 Å². The molecule has 2 saturated carbocycles. The molecule has 4 heteroatoms. The molecule has 2 aliphatic rings. The van der Waals surface area contributed by atoms with E-state index in [4.69, 9.17) is 5.73 Å². The van der Waals surface area contributed by atoms with E-state index in [9.17, 15) is 4.79 Å². The van der Waals surface area contributed by atoms with Crippen LogP contribution in [0.1, 0.15) is 57.8 Å². The van der Waals surface area contributed by atoms with Crippen molar-refractivity contribution >= 4 is 5.91 Å². The van der Waals surface area contributed by atoms with Crippen molar-refractivity contribution in [2.24, 2.45) is 11.7 Å². The van der Waals surface area contributed by atoms with Gasteiger partial charge in [-0.1, -0.05) is 25.7 Å². The van der Waals surface area contributed by atoms with Gasteiger partial charge in [0.15, 0.2) is 0 Å². The molecule has 0 aromatic heterocycles. The summed E-state index contributed by atoms with van der Waals surface area (Å²) in [5.41, 5.74) is 5.22. The summed E-state index contributed by atoms with van der Waals surface area (Å²) in [5, 5.41) is 3.24. The summed E-state index contributed by atoms with van der Waals surface area (Å²) < 4.78 is 0. The summed E-state index contributed by atoms with van der Waals surface area (Å²) in [4.78, 5) is 14.4. The van der Waals surface area contributed by atoms with Gasteiger partial charge in [0.2, 0.25) is 5.91 Å². The van der Waals surface area contributed by atoms with E-state index in [0.29, 0.717) is 5.92 Å². The molecule has 0 bridgehead atoms. The van der Waals surface area contributed by atoms with Crippen molar-refractivity contribution in [1.82, 2.24) is 10.2 Å². The van der Waals surface area contributed by atoms with Gasteiger partial charge in [-0.3, -0.25) is 4.79 Å². The van der Waals surface area contributed by atoms with Crippen molar-refractivity contribution in [2.45, 2.75) is 69.4 Å². The molecule has 0 aromatic rings. The first-order chi connectivity index (χ1) is 9.60. The van der Waals surface area contributed by atoms with Crippen LogP contribution >= 0.6 is 0 Å². The minimum Gasteiger partial charge on any atom is -0.368 e. The van der Waals surface area contributed by atoms with Crippen LogP contribution in [0.3, 0.4) is 0 Å². The number of hydrogen-bond donors (Lipinski definition) is 2. The molecule has 2 rings (SSSR count). The smallest absolute Gasteiger partial charge is 0.238 e. The molecule has 0 saturated heterocycles. The molecule has 2 fully saturated rings. The molecule has 1 amide bonds. The maximum atomic E-state index is 11.9. The molecular formula is C16H31N3O. The van der Waals surface area contributed by atoms with Crippen LogP contribution in [0.5, 0.6) is 0 Å². The van der Waals surface area contributed by atoms with Gasteiger partial charge in [-0.15, -0.1) is 0 Å². The van der Waals surface area contributed by atoms with Crippen molar-refractivity contribution in [3.63, 3.8) is 0 Å². The molecule has 2 atom stereocenters. The summed E-state index contributed by atoms with van der Waals surface area (Å²) in [7, 11) is 4.13. The van der Waals surface area contributed by atoms with Crippen LogP contribution in [0.2, 0.25) is 0 Å². The predicted molar refractivity (Wildman–Crippen MR) is 82.4 cm³/mol. The molecular weight excluding hydrogens is 250 g/mol. The molecule has 0 heterocycles. The highest BCUT2D eigenvalue weighted by molar-refractivity contribution is 5.85. The third-order valence-corrected chi connectivity index (χ3v) is 5.73. The Morgan fingerprint density at radius 2 is 1.95 bits per heavy atom. The lowest BCUT2D eigenvalue weighted by molar-refractivity contribution is -0.125. The van der Waals surface area contributed by atoms with Gasteiger partial charge in [-0.05, 0) is 58.7 Å². The first-order valence-electron chi connectivity index (χ1n) is 8.29. The molecule has 0 aromatic carbocycles. The van der Waals surface area contributed by atoms with Crippen molar-refractivity contribution < 1.29 is 4.79 Å². The Morgan fingerprint density at radius 1 is 1.25 bits per heavy atom. The van der Waals surface area contributed by atoms with Crippen LogP contribution in [0.4, 0.5) is 0 Å². The highest BCUT2D eigenvalue weighted by Crippen LogP contribution is 2.38. The Balaban J connectivity index is 1.87. The van der Waals surface area contributed by atoms with Crippen LogP contribution in [0.25, 0.3) is 0 Å². The summed E-state index contributed by atoms with van der Waals surface area (Å²) >= 11 is 0. The number of rotatable bonds is 6. The number of primary amides is 1. The van der Waals surface area contributed by atoms with Gasteiger partial charge in [-0.2, -0.15) is 0 Å². The van der Waals surface area contributed by atoms with Crippen LogP contribution in [0.15, 0.2) is 0 Å². The minimum absolute atomic E-state index is 0.164. The first kappa shape index (κ1) is 15.8. The lowest BCUT2D eigenvalue weighted by Crippen LogP contribution is -2.57. The third kappa shape index (κ3) is 3.17. The van der Waals surface area contributed by atoms with Crippen LogP contribution in [-0.2, 0) is 4.79 Å². The number of nitrogens with one attached hydrogen (secondary N) is 1. The second-order valence-electron chi connectivity index (χ2n) is 6.74. The van der Waals surface area contributed by atoms with Gasteiger partial charge in [0, 0.05) is 6.04 Å². The zero-order valence-electron chi connectivity index (χ0n) is 13.2. The molecule has 116 valence electrons. The van der Waals surface area contributed by atoms with E-state index in [1.54, 1.807) is 0 Å². The quantitative estimate of drug-likeness (QED) is 0.781. The van der Waals surface area contributed by atoms with E-state index >= 15 is 0 Å². The van der Waals surface area contributed by atoms with Crippen LogP contribution in [-0.4, -0.2) is 43.0 Å². The highest BCUT2D eigenvalue weighted by Gasteiger charge is 2.46. The SMILES string of the molecule is CNC1(C(N)=O)CCCC1CCN(C)C1CCCCC1. The largest absolute Gasteiger partial charge is 0.368 e. The Labute approximate surface area is 123 Å². The predicted octanol–water partition coefficient (Wildman–Crippen LogP) is 1.88. The van der Waals surface area contributed by atoms with E-state index in [0.717, 1.165) is 38.3 Å². The minimum atomic E-state index is -0.451. The fourth-order valence-electron chi connectivity index (χ4n) is 4.31. The van der Waals surface area contributed by atoms with E-state index in [1.165, 1.54) is 32.1 Å². The molecule has 2 unspecified atom stereocenters. The van der Waals surface area contributed by atoms with Gasteiger partial charge >= 0.3 is 0 Å². The molecule has 3 N–H and O–H groups in total. The number of amides is 1. The number of likely N-dealkylation sites (N-methyl/N-ethyl adjacent to an activating group) is 1. The Hall–Kier alpha value is -0.610. The number of nitrogens with zero attached hydrogens (tertiary/aromatic N) is 1. The second-order valence-corrected chi connectivity index (χ2v) is 6.74. The highest BCUT2D eigenvalue weighted by atomic mass is 16.1. The lowest BCUT2D eigenvalue weighted by atomic mass is 9.83. The van der Waals surface area contributed by atoms with E-state index in [1.807, 2.05) is 7.05 Å². The lowest BCUT2D eigenvalue weighted by Gasteiger charge is -2.35. The summed E-state index contributed by atoms with van der Waals surface area (Å²) in [6.07, 6.45) is 11.1. The summed E-state index contributed by atoms with van der Waals surface area (Å²) in [6, 6.07) is 0.753. The van der Waals surface area contributed by atoms with E-state index in [2.05, 4.69) is 17.3 Å². The number of nitrogens with two attached hydrogens (primary N) is 1. The van der Waals surface area contributed by atoms with Gasteiger partial charge < -0.3 is 16.0 Å². The van der Waals surface area contributed by atoms with Crippen molar-refractivity contribution in [2.75, 3.05) is 20.6 Å². The van der Waals surface area contributed by atoms with Gasteiger partial charge in [-0.25, -0.2) is 0 Å². The standard InChI is InChI=1S/C16H31N3O/c1-18-16(15(17)20)11-6-7-13(16)10-12-19(2)14-8-4-3-5-9-14/h13-14,18H,3-12H2,1-2H3,(H2,17,20). The maximum absolute atomic E-state index is 11.9. The van der Waals surface area contributed by atoms with Crippen molar-refractivity contribution in [3.05, 3.63) is 0 Å². The van der Waals surface area contributed by atoms with Gasteiger partial charge in [0.25, 0.3) is 0 Å². The molecule has 0 aliphatic heterocycles. The molecule has 0 spiro atoms. The van der Waals surface area contributed by atoms with Crippen molar-refractivity contribution in [3.8, 4) is 0 Å². The molecule has 2 aliphatic carbocycles. The molecule has 0 radical (unpaired) electrons. The average molecular weight is 281 g/mol. The summed E-state index contributed by atoms with van der Waals surface area (Å²) in [6.45, 7) is 1.09. The Bertz CT molecular complexity index is 328.